The summed E-state index contributed by atoms with van der Waals surface area (Å²) in [5, 5.41) is 0. The Morgan fingerprint density at radius 1 is 0.862 bits per heavy atom. The smallest absolute Gasteiger partial charge is 0.111 e. The van der Waals surface area contributed by atoms with Gasteiger partial charge in [0.05, 0.1) is 11.0 Å². The maximum atomic E-state index is 4.97. The molecule has 0 N–H and O–H groups in total. The van der Waals surface area contributed by atoms with Gasteiger partial charge in [0.2, 0.25) is 0 Å². The molecular weight excluding hydrogens is 358 g/mol. The average Bonchev–Trinajstić information content (AvgIpc) is 3.32. The normalized spacial score (nSPS) is 23.2. The quantitative estimate of drug-likeness (QED) is 0.804. The van der Waals surface area contributed by atoms with Gasteiger partial charge in [-0.1, -0.05) is 18.9 Å². The summed E-state index contributed by atoms with van der Waals surface area (Å²) in [6.07, 6.45) is 13.3. The molecule has 0 atom stereocenters. The molecule has 29 heavy (non-hydrogen) atoms. The number of allylic oxidation sites excluding steroid dienone is 3. The van der Waals surface area contributed by atoms with Crippen LogP contribution in [0, 0.1) is 0 Å². The molecule has 2 aromatic rings. The molecule has 1 aromatic carbocycles. The van der Waals surface area contributed by atoms with Crippen LogP contribution < -0.4 is 4.90 Å². The van der Waals surface area contributed by atoms with Crippen LogP contribution in [0.25, 0.3) is 11.0 Å². The Bertz CT molecular complexity index is 957. The molecule has 5 nitrogen and oxygen atoms in total. The summed E-state index contributed by atoms with van der Waals surface area (Å²) in [5.74, 6) is 1.25. The monoisotopic (exact) mass is 389 g/mol. The minimum Gasteiger partial charge on any atom is -0.369 e. The van der Waals surface area contributed by atoms with Gasteiger partial charge >= 0.3 is 0 Å². The van der Waals surface area contributed by atoms with Crippen molar-refractivity contribution in [3.63, 3.8) is 0 Å². The van der Waals surface area contributed by atoms with Gasteiger partial charge in [-0.15, -0.1) is 0 Å². The number of fused-ring (bicyclic) bond motifs is 3. The van der Waals surface area contributed by atoms with Crippen LogP contribution in [0.5, 0.6) is 0 Å². The fraction of sp³-hybridized carbons (Fsp3) is 0.542. The van der Waals surface area contributed by atoms with E-state index in [4.69, 9.17) is 4.98 Å². The summed E-state index contributed by atoms with van der Waals surface area (Å²) in [5.41, 5.74) is 5.22. The van der Waals surface area contributed by atoms with Crippen molar-refractivity contribution in [2.24, 2.45) is 0 Å². The lowest BCUT2D eigenvalue weighted by molar-refractivity contribution is 0.187. The van der Waals surface area contributed by atoms with E-state index in [2.05, 4.69) is 55.7 Å². The molecule has 2 aliphatic heterocycles. The molecule has 2 fully saturated rings. The molecule has 2 aliphatic carbocycles. The van der Waals surface area contributed by atoms with Crippen LogP contribution in [0.2, 0.25) is 0 Å². The van der Waals surface area contributed by atoms with E-state index in [0.717, 1.165) is 50.7 Å². The van der Waals surface area contributed by atoms with Crippen LogP contribution in [-0.4, -0.2) is 64.7 Å². The summed E-state index contributed by atoms with van der Waals surface area (Å²) >= 11 is 0. The second-order valence-electron chi connectivity index (χ2n) is 9.00. The van der Waals surface area contributed by atoms with Crippen LogP contribution in [-0.2, 0) is 13.0 Å². The second-order valence-corrected chi connectivity index (χ2v) is 9.00. The summed E-state index contributed by atoms with van der Waals surface area (Å²) in [6.45, 7) is 7.88. The van der Waals surface area contributed by atoms with Gasteiger partial charge in [-0.2, -0.15) is 0 Å². The molecule has 1 aromatic heterocycles. The third kappa shape index (κ3) is 3.16. The highest BCUT2D eigenvalue weighted by Gasteiger charge is 2.26. The Hall–Kier alpha value is -2.27. The highest BCUT2D eigenvalue weighted by molar-refractivity contribution is 5.80. The van der Waals surface area contributed by atoms with Crippen molar-refractivity contribution in [3.05, 3.63) is 47.9 Å². The molecule has 0 spiro atoms. The highest BCUT2D eigenvalue weighted by atomic mass is 15.3. The van der Waals surface area contributed by atoms with Crippen molar-refractivity contribution in [1.29, 1.82) is 0 Å². The summed E-state index contributed by atoms with van der Waals surface area (Å²) in [4.78, 5) is 12.8. The first kappa shape index (κ1) is 17.6. The van der Waals surface area contributed by atoms with Crippen molar-refractivity contribution in [2.75, 3.05) is 44.2 Å². The van der Waals surface area contributed by atoms with Crippen LogP contribution in [0.4, 0.5) is 5.69 Å². The van der Waals surface area contributed by atoms with E-state index in [1.165, 1.54) is 61.5 Å². The summed E-state index contributed by atoms with van der Waals surface area (Å²) in [6, 6.07) is 7.78. The number of aromatic nitrogens is 2. The van der Waals surface area contributed by atoms with Gasteiger partial charge in [-0.05, 0) is 43.2 Å². The average molecular weight is 390 g/mol. The van der Waals surface area contributed by atoms with Gasteiger partial charge in [-0.3, -0.25) is 4.90 Å². The van der Waals surface area contributed by atoms with Crippen molar-refractivity contribution >= 4 is 16.7 Å². The summed E-state index contributed by atoms with van der Waals surface area (Å²) < 4.78 is 2.47. The maximum Gasteiger partial charge on any atom is 0.111 e. The topological polar surface area (TPSA) is 27.5 Å². The number of nitrogens with zero attached hydrogens (tertiary/aromatic N) is 5. The molecule has 4 aliphatic rings. The first-order valence-electron chi connectivity index (χ1n) is 11.5. The van der Waals surface area contributed by atoms with Crippen molar-refractivity contribution in [2.45, 2.75) is 44.7 Å². The van der Waals surface area contributed by atoms with Crippen molar-refractivity contribution in [1.82, 2.24) is 19.4 Å². The van der Waals surface area contributed by atoms with Gasteiger partial charge in [0.15, 0.2) is 0 Å². The number of piperazine rings is 1. The lowest BCUT2D eigenvalue weighted by atomic mass is 10.1. The van der Waals surface area contributed by atoms with Crippen molar-refractivity contribution in [3.8, 4) is 0 Å². The summed E-state index contributed by atoms with van der Waals surface area (Å²) in [7, 11) is 0. The van der Waals surface area contributed by atoms with Crippen LogP contribution in [0.3, 0.4) is 0 Å². The van der Waals surface area contributed by atoms with Gasteiger partial charge in [0.1, 0.15) is 5.82 Å². The molecule has 152 valence electrons. The van der Waals surface area contributed by atoms with E-state index < -0.39 is 0 Å². The third-order valence-corrected chi connectivity index (χ3v) is 7.43. The minimum atomic E-state index is 0.855. The minimum absolute atomic E-state index is 0.855. The van der Waals surface area contributed by atoms with E-state index in [9.17, 15) is 0 Å². The van der Waals surface area contributed by atoms with E-state index in [-0.39, 0.29) is 0 Å². The zero-order chi connectivity index (χ0) is 19.2. The lowest BCUT2D eigenvalue weighted by Gasteiger charge is -2.39. The predicted octanol–water partition coefficient (Wildman–Crippen LogP) is 3.41. The fourth-order valence-electron chi connectivity index (χ4n) is 5.63. The van der Waals surface area contributed by atoms with E-state index in [1.54, 1.807) is 0 Å². The molecule has 5 heteroatoms. The van der Waals surface area contributed by atoms with Crippen LogP contribution >= 0.6 is 0 Å². The Balaban J connectivity index is 1.20. The van der Waals surface area contributed by atoms with Gasteiger partial charge in [0, 0.05) is 69.7 Å². The SMILES string of the molecule is C1=CC(N2CCc3nc4ccc(N5CCN(C6CCCC6)CC5)cc4n3CC2)=C1. The Morgan fingerprint density at radius 3 is 2.41 bits per heavy atom. The van der Waals surface area contributed by atoms with Crippen LogP contribution in [0.15, 0.2) is 42.1 Å². The Kier molecular flexibility index (Phi) is 4.37. The predicted molar refractivity (Wildman–Crippen MR) is 118 cm³/mol. The van der Waals surface area contributed by atoms with E-state index >= 15 is 0 Å². The molecule has 0 radical (unpaired) electrons. The molecule has 1 saturated heterocycles. The number of hydrogen-bond donors (Lipinski definition) is 0. The first-order chi connectivity index (χ1) is 14.3. The molecule has 6 rings (SSSR count). The second kappa shape index (κ2) is 7.21. The number of rotatable bonds is 3. The van der Waals surface area contributed by atoms with E-state index in [0.29, 0.717) is 0 Å². The number of imidazole rings is 1. The van der Waals surface area contributed by atoms with Crippen molar-refractivity contribution < 1.29 is 0 Å². The zero-order valence-corrected chi connectivity index (χ0v) is 17.3. The largest absolute Gasteiger partial charge is 0.369 e. The standard InChI is InChI=1S/C24H31N5/c1-2-5-19(4-1)27-12-14-28(15-13-27)21-8-9-22-23(18-21)29-17-16-26(20-6-3-7-20)11-10-24(29)25-22/h3,6-9,18-19H,1-2,4-5,10-17H2. The molecule has 1 saturated carbocycles. The Labute approximate surface area is 173 Å². The van der Waals surface area contributed by atoms with Gasteiger partial charge < -0.3 is 14.4 Å². The van der Waals surface area contributed by atoms with E-state index in [1.807, 2.05) is 0 Å². The molecule has 0 amide bonds. The van der Waals surface area contributed by atoms with Crippen LogP contribution in [0.1, 0.15) is 31.5 Å². The first-order valence-corrected chi connectivity index (χ1v) is 11.5. The number of anilines is 1. The van der Waals surface area contributed by atoms with Gasteiger partial charge in [-0.25, -0.2) is 4.98 Å². The number of benzene rings is 1. The highest BCUT2D eigenvalue weighted by Crippen LogP contribution is 2.29. The molecular formula is C24H31N5. The lowest BCUT2D eigenvalue weighted by Crippen LogP contribution is -2.49. The van der Waals surface area contributed by atoms with Gasteiger partial charge in [0.25, 0.3) is 0 Å². The number of hydrogen-bond acceptors (Lipinski definition) is 4. The molecule has 3 heterocycles. The fourth-order valence-corrected chi connectivity index (χ4v) is 5.63. The third-order valence-electron chi connectivity index (χ3n) is 7.43. The molecule has 0 unspecified atom stereocenters. The maximum absolute atomic E-state index is 4.97. The Morgan fingerprint density at radius 2 is 1.66 bits per heavy atom. The molecule has 0 bridgehead atoms. The zero-order valence-electron chi connectivity index (χ0n) is 17.3.